The number of likely N-dealkylation sites (N-methyl/N-ethyl adjacent to an activating group) is 1. The highest BCUT2D eigenvalue weighted by Crippen LogP contribution is 2.16. The van der Waals surface area contributed by atoms with E-state index in [-0.39, 0.29) is 11.8 Å². The molecule has 0 heterocycles. The average Bonchev–Trinajstić information content (AvgIpc) is 2.67. The fourth-order valence-electron chi connectivity index (χ4n) is 3.26. The first-order valence-electron chi connectivity index (χ1n) is 9.71. The number of benzene rings is 2. The van der Waals surface area contributed by atoms with Crippen molar-refractivity contribution >= 4 is 11.8 Å². The third-order valence-corrected chi connectivity index (χ3v) is 4.64. The van der Waals surface area contributed by atoms with E-state index in [4.69, 9.17) is 0 Å². The van der Waals surface area contributed by atoms with Crippen molar-refractivity contribution in [2.24, 2.45) is 0 Å². The van der Waals surface area contributed by atoms with Crippen LogP contribution in [0.15, 0.2) is 54.6 Å². The topological polar surface area (TPSA) is 49.4 Å². The number of carbonyl (C=O) groups is 2. The molecule has 0 saturated heterocycles. The van der Waals surface area contributed by atoms with Crippen LogP contribution in [0.3, 0.4) is 0 Å². The Labute approximate surface area is 162 Å². The van der Waals surface area contributed by atoms with Crippen LogP contribution in [0.4, 0.5) is 0 Å². The summed E-state index contributed by atoms with van der Waals surface area (Å²) in [7, 11) is 0. The normalized spacial score (nSPS) is 11.7. The average molecular weight is 367 g/mol. The Balaban J connectivity index is 2.18. The van der Waals surface area contributed by atoms with Crippen molar-refractivity contribution in [3.63, 3.8) is 0 Å². The van der Waals surface area contributed by atoms with Gasteiger partial charge in [0, 0.05) is 19.5 Å². The summed E-state index contributed by atoms with van der Waals surface area (Å²) in [6.45, 7) is 6.89. The van der Waals surface area contributed by atoms with Crippen LogP contribution in [-0.4, -0.2) is 29.3 Å². The van der Waals surface area contributed by atoms with Crippen molar-refractivity contribution in [2.75, 3.05) is 6.54 Å². The largest absolute Gasteiger partial charge is 0.355 e. The van der Waals surface area contributed by atoms with Gasteiger partial charge in [0.15, 0.2) is 0 Å². The second kappa shape index (κ2) is 10.5. The van der Waals surface area contributed by atoms with E-state index in [1.165, 1.54) is 0 Å². The van der Waals surface area contributed by atoms with E-state index in [1.54, 1.807) is 4.90 Å². The van der Waals surface area contributed by atoms with Gasteiger partial charge in [0.1, 0.15) is 6.04 Å². The molecule has 1 N–H and O–H groups in total. The third kappa shape index (κ3) is 6.24. The number of aryl methyl sites for hydroxylation is 2. The highest BCUT2D eigenvalue weighted by atomic mass is 16.2. The lowest BCUT2D eigenvalue weighted by Crippen LogP contribution is -2.49. The van der Waals surface area contributed by atoms with E-state index >= 15 is 0 Å². The summed E-state index contributed by atoms with van der Waals surface area (Å²) in [6, 6.07) is 17.6. The molecule has 0 aliphatic heterocycles. The molecule has 0 bridgehead atoms. The number of hydrogen-bond acceptors (Lipinski definition) is 2. The molecule has 0 saturated carbocycles. The van der Waals surface area contributed by atoms with Gasteiger partial charge in [-0.25, -0.2) is 0 Å². The molecular formula is C23H30N2O2. The number of nitrogens with one attached hydrogen (secondary N) is 1. The highest BCUT2D eigenvalue weighted by Gasteiger charge is 2.28. The molecule has 0 aliphatic carbocycles. The first-order valence-corrected chi connectivity index (χ1v) is 9.71. The molecule has 0 spiro atoms. The van der Waals surface area contributed by atoms with Gasteiger partial charge in [-0.1, -0.05) is 67.1 Å². The van der Waals surface area contributed by atoms with Gasteiger partial charge in [-0.3, -0.25) is 9.59 Å². The fourth-order valence-corrected chi connectivity index (χ4v) is 3.26. The fraction of sp³-hybridized carbons (Fsp3) is 0.391. The van der Waals surface area contributed by atoms with E-state index in [0.29, 0.717) is 32.4 Å². The van der Waals surface area contributed by atoms with Crippen molar-refractivity contribution < 1.29 is 9.59 Å². The Kier molecular flexibility index (Phi) is 8.05. The molecule has 2 aromatic rings. The maximum absolute atomic E-state index is 13.1. The highest BCUT2D eigenvalue weighted by molar-refractivity contribution is 5.87. The molecule has 144 valence electrons. The number of nitrogens with zero attached hydrogens (tertiary/aromatic N) is 1. The summed E-state index contributed by atoms with van der Waals surface area (Å²) >= 11 is 0. The van der Waals surface area contributed by atoms with Crippen LogP contribution < -0.4 is 5.32 Å². The maximum Gasteiger partial charge on any atom is 0.242 e. The van der Waals surface area contributed by atoms with Gasteiger partial charge in [-0.15, -0.1) is 0 Å². The second-order valence-electron chi connectivity index (χ2n) is 6.81. The number of rotatable bonds is 9. The molecule has 4 heteroatoms. The van der Waals surface area contributed by atoms with Crippen molar-refractivity contribution in [3.8, 4) is 0 Å². The van der Waals surface area contributed by atoms with E-state index in [2.05, 4.69) is 11.4 Å². The molecule has 0 radical (unpaired) electrons. The molecule has 0 unspecified atom stereocenters. The minimum atomic E-state index is -0.450. The molecule has 2 amide bonds. The zero-order valence-electron chi connectivity index (χ0n) is 16.6. The van der Waals surface area contributed by atoms with Gasteiger partial charge in [-0.2, -0.15) is 0 Å². The van der Waals surface area contributed by atoms with Gasteiger partial charge in [0.2, 0.25) is 11.8 Å². The minimum Gasteiger partial charge on any atom is -0.355 e. The maximum atomic E-state index is 13.1. The monoisotopic (exact) mass is 366 g/mol. The molecule has 4 nitrogen and oxygen atoms in total. The first kappa shape index (κ1) is 20.7. The van der Waals surface area contributed by atoms with Gasteiger partial charge in [0.25, 0.3) is 0 Å². The SMILES string of the molecule is CCNC(=O)[C@@H](CC)N(Cc1cccc(C)c1)C(=O)CCc1ccccc1. The Morgan fingerprint density at radius 1 is 1.00 bits per heavy atom. The van der Waals surface area contributed by atoms with Crippen molar-refractivity contribution in [3.05, 3.63) is 71.3 Å². The predicted octanol–water partition coefficient (Wildman–Crippen LogP) is 3.87. The number of amides is 2. The van der Waals surface area contributed by atoms with Crippen molar-refractivity contribution in [2.45, 2.75) is 52.6 Å². The molecule has 0 aliphatic rings. The Bertz CT molecular complexity index is 743. The van der Waals surface area contributed by atoms with Crippen LogP contribution in [-0.2, 0) is 22.6 Å². The van der Waals surface area contributed by atoms with Crippen LogP contribution in [0.5, 0.6) is 0 Å². The van der Waals surface area contributed by atoms with Crippen LogP contribution in [0, 0.1) is 6.92 Å². The Morgan fingerprint density at radius 3 is 2.33 bits per heavy atom. The lowest BCUT2D eigenvalue weighted by molar-refractivity contribution is -0.141. The van der Waals surface area contributed by atoms with E-state index in [0.717, 1.165) is 16.7 Å². The van der Waals surface area contributed by atoms with Crippen molar-refractivity contribution in [1.29, 1.82) is 0 Å². The predicted molar refractivity (Wildman–Crippen MR) is 109 cm³/mol. The summed E-state index contributed by atoms with van der Waals surface area (Å²) in [5.74, 6) is -0.0702. The molecule has 2 rings (SSSR count). The minimum absolute atomic E-state index is 0.0125. The molecule has 0 fully saturated rings. The zero-order valence-corrected chi connectivity index (χ0v) is 16.6. The summed E-state index contributed by atoms with van der Waals surface area (Å²) in [5, 5.41) is 2.87. The van der Waals surface area contributed by atoms with Gasteiger partial charge in [-0.05, 0) is 37.8 Å². The zero-order chi connectivity index (χ0) is 19.6. The van der Waals surface area contributed by atoms with E-state index in [1.807, 2.05) is 69.3 Å². The van der Waals surface area contributed by atoms with Crippen LogP contribution in [0.2, 0.25) is 0 Å². The van der Waals surface area contributed by atoms with Crippen molar-refractivity contribution in [1.82, 2.24) is 10.2 Å². The standard InChI is InChI=1S/C23H30N2O2/c1-4-21(23(27)24-5-2)25(17-20-13-9-10-18(3)16-20)22(26)15-14-19-11-7-6-8-12-19/h6-13,16,21H,4-5,14-15,17H2,1-3H3,(H,24,27)/t21-/m1/s1. The number of carbonyl (C=O) groups excluding carboxylic acids is 2. The smallest absolute Gasteiger partial charge is 0.242 e. The lowest BCUT2D eigenvalue weighted by atomic mass is 10.1. The molecular weight excluding hydrogens is 336 g/mol. The lowest BCUT2D eigenvalue weighted by Gasteiger charge is -2.30. The Morgan fingerprint density at radius 2 is 1.70 bits per heavy atom. The molecule has 1 atom stereocenters. The van der Waals surface area contributed by atoms with E-state index in [9.17, 15) is 9.59 Å². The summed E-state index contributed by atoms with van der Waals surface area (Å²) < 4.78 is 0. The van der Waals surface area contributed by atoms with Gasteiger partial charge < -0.3 is 10.2 Å². The van der Waals surface area contributed by atoms with Crippen LogP contribution in [0.1, 0.15) is 43.4 Å². The first-order chi connectivity index (χ1) is 13.0. The summed E-state index contributed by atoms with van der Waals surface area (Å²) in [6.07, 6.45) is 1.66. The van der Waals surface area contributed by atoms with Crippen LogP contribution >= 0.6 is 0 Å². The van der Waals surface area contributed by atoms with Crippen LogP contribution in [0.25, 0.3) is 0 Å². The molecule has 2 aromatic carbocycles. The van der Waals surface area contributed by atoms with Gasteiger partial charge in [0.05, 0.1) is 0 Å². The molecule has 0 aromatic heterocycles. The summed E-state index contributed by atoms with van der Waals surface area (Å²) in [4.78, 5) is 27.3. The summed E-state index contributed by atoms with van der Waals surface area (Å²) in [5.41, 5.74) is 3.33. The quantitative estimate of drug-likeness (QED) is 0.732. The Hall–Kier alpha value is -2.62. The second-order valence-corrected chi connectivity index (χ2v) is 6.81. The van der Waals surface area contributed by atoms with Gasteiger partial charge >= 0.3 is 0 Å². The molecule has 27 heavy (non-hydrogen) atoms. The third-order valence-electron chi connectivity index (χ3n) is 4.64. The van der Waals surface area contributed by atoms with E-state index < -0.39 is 6.04 Å². The number of hydrogen-bond donors (Lipinski definition) is 1.